The van der Waals surface area contributed by atoms with Crippen molar-refractivity contribution in [1.29, 1.82) is 0 Å². The number of ether oxygens (including phenoxy) is 1. The van der Waals surface area contributed by atoms with Crippen LogP contribution in [0, 0.1) is 6.92 Å². The van der Waals surface area contributed by atoms with E-state index >= 15 is 0 Å². The zero-order valence-electron chi connectivity index (χ0n) is 27.4. The first-order chi connectivity index (χ1) is 21.6. The molecule has 3 aromatic carbocycles. The number of fused-ring (bicyclic) bond motifs is 1. The summed E-state index contributed by atoms with van der Waals surface area (Å²) in [4.78, 5) is 35.3. The largest absolute Gasteiger partial charge is 0.489 e. The first-order valence-electron chi connectivity index (χ1n) is 16.0. The van der Waals surface area contributed by atoms with Gasteiger partial charge in [0, 0.05) is 42.7 Å². The van der Waals surface area contributed by atoms with Gasteiger partial charge in [-0.2, -0.15) is 0 Å². The number of nitrogens with one attached hydrogen (secondary N) is 3. The molecule has 2 atom stereocenters. The average molecular weight is 610 g/mol. The number of nitrogens with zero attached hydrogens (tertiary/aromatic N) is 2. The molecule has 238 valence electrons. The minimum Gasteiger partial charge on any atom is -0.489 e. The number of hydrogen-bond donors (Lipinski definition) is 3. The Balaban J connectivity index is 1.39. The van der Waals surface area contributed by atoms with E-state index in [0.717, 1.165) is 41.4 Å². The van der Waals surface area contributed by atoms with Crippen LogP contribution in [-0.2, 0) is 11.3 Å². The van der Waals surface area contributed by atoms with Crippen molar-refractivity contribution in [2.45, 2.75) is 71.1 Å². The van der Waals surface area contributed by atoms with E-state index in [9.17, 15) is 9.59 Å². The maximum Gasteiger partial charge on any atom is 0.318 e. The number of urea groups is 1. The minimum absolute atomic E-state index is 0.0661. The lowest BCUT2D eigenvalue weighted by Crippen LogP contribution is -2.53. The summed E-state index contributed by atoms with van der Waals surface area (Å²) in [5, 5.41) is 7.32. The molecule has 0 spiro atoms. The molecular formula is C37H47N5O3. The fourth-order valence-electron chi connectivity index (χ4n) is 6.44. The monoisotopic (exact) mass is 609 g/mol. The Morgan fingerprint density at radius 2 is 1.71 bits per heavy atom. The number of anilines is 1. The third-order valence-corrected chi connectivity index (χ3v) is 8.75. The maximum atomic E-state index is 14.2. The molecule has 0 unspecified atom stereocenters. The number of aromatic amines is 1. The van der Waals surface area contributed by atoms with Crippen molar-refractivity contribution in [3.8, 4) is 5.75 Å². The highest BCUT2D eigenvalue weighted by Crippen LogP contribution is 2.33. The van der Waals surface area contributed by atoms with Gasteiger partial charge in [-0.3, -0.25) is 4.79 Å². The van der Waals surface area contributed by atoms with E-state index in [2.05, 4.69) is 51.7 Å². The van der Waals surface area contributed by atoms with Crippen molar-refractivity contribution in [3.05, 3.63) is 95.2 Å². The Morgan fingerprint density at radius 3 is 2.42 bits per heavy atom. The topological polar surface area (TPSA) is 89.7 Å². The molecule has 1 aromatic heterocycles. The molecule has 1 aliphatic heterocycles. The van der Waals surface area contributed by atoms with Crippen molar-refractivity contribution in [3.63, 3.8) is 0 Å². The summed E-state index contributed by atoms with van der Waals surface area (Å²) in [6, 6.07) is 21.4. The van der Waals surface area contributed by atoms with Crippen molar-refractivity contribution in [2.24, 2.45) is 0 Å². The lowest BCUT2D eigenvalue weighted by molar-refractivity contribution is -0.118. The number of carbonyl (C=O) groups is 2. The molecule has 8 nitrogen and oxygen atoms in total. The van der Waals surface area contributed by atoms with E-state index in [-0.39, 0.29) is 24.0 Å². The van der Waals surface area contributed by atoms with Crippen molar-refractivity contribution in [1.82, 2.24) is 20.1 Å². The quantitative estimate of drug-likeness (QED) is 0.180. The van der Waals surface area contributed by atoms with Crippen LogP contribution in [0.2, 0.25) is 0 Å². The molecule has 1 saturated heterocycles. The summed E-state index contributed by atoms with van der Waals surface area (Å²) >= 11 is 0. The van der Waals surface area contributed by atoms with Crippen LogP contribution in [0.5, 0.6) is 5.75 Å². The molecule has 0 saturated carbocycles. The summed E-state index contributed by atoms with van der Waals surface area (Å²) in [6.45, 7) is 10.1. The number of piperidine rings is 1. The summed E-state index contributed by atoms with van der Waals surface area (Å²) in [5.41, 5.74) is 6.26. The number of rotatable bonds is 10. The van der Waals surface area contributed by atoms with E-state index in [1.165, 1.54) is 11.1 Å². The normalized spacial score (nSPS) is 15.3. The van der Waals surface area contributed by atoms with Gasteiger partial charge in [-0.05, 0) is 94.1 Å². The zero-order chi connectivity index (χ0) is 32.1. The van der Waals surface area contributed by atoms with Gasteiger partial charge in [0.2, 0.25) is 5.91 Å². The van der Waals surface area contributed by atoms with Gasteiger partial charge in [0.15, 0.2) is 0 Å². The second kappa shape index (κ2) is 14.2. The van der Waals surface area contributed by atoms with Gasteiger partial charge in [0.05, 0.1) is 11.8 Å². The van der Waals surface area contributed by atoms with Gasteiger partial charge in [-0.1, -0.05) is 55.5 Å². The number of aromatic nitrogens is 1. The summed E-state index contributed by atoms with van der Waals surface area (Å²) < 4.78 is 6.08. The van der Waals surface area contributed by atoms with Crippen LogP contribution in [0.4, 0.5) is 10.5 Å². The van der Waals surface area contributed by atoms with Crippen LogP contribution in [-0.4, -0.2) is 66.1 Å². The lowest BCUT2D eigenvalue weighted by atomic mass is 9.87. The van der Waals surface area contributed by atoms with Gasteiger partial charge in [-0.15, -0.1) is 0 Å². The second-order valence-electron chi connectivity index (χ2n) is 12.8. The Morgan fingerprint density at radius 1 is 1.00 bits per heavy atom. The molecule has 0 aliphatic carbocycles. The van der Waals surface area contributed by atoms with Crippen LogP contribution < -0.4 is 15.4 Å². The van der Waals surface area contributed by atoms with E-state index in [1.54, 1.807) is 0 Å². The number of benzene rings is 3. The number of carbonyl (C=O) groups excluding carboxylic acids is 2. The molecule has 0 bridgehead atoms. The summed E-state index contributed by atoms with van der Waals surface area (Å²) in [6.07, 6.45) is 3.66. The fourth-order valence-corrected chi connectivity index (χ4v) is 6.44. The predicted octanol–water partition coefficient (Wildman–Crippen LogP) is 7.03. The second-order valence-corrected chi connectivity index (χ2v) is 12.8. The summed E-state index contributed by atoms with van der Waals surface area (Å²) in [5.74, 6) is 0.429. The van der Waals surface area contributed by atoms with Gasteiger partial charge >= 0.3 is 6.03 Å². The predicted molar refractivity (Wildman–Crippen MR) is 182 cm³/mol. The molecule has 2 heterocycles. The van der Waals surface area contributed by atoms with Crippen molar-refractivity contribution < 1.29 is 14.3 Å². The molecule has 0 radical (unpaired) electrons. The van der Waals surface area contributed by atoms with Crippen LogP contribution in [0.1, 0.15) is 67.7 Å². The molecule has 4 aromatic rings. The Bertz CT molecular complexity index is 1620. The van der Waals surface area contributed by atoms with Crippen LogP contribution in [0.15, 0.2) is 72.9 Å². The molecule has 1 fully saturated rings. The third kappa shape index (κ3) is 7.68. The van der Waals surface area contributed by atoms with Crippen LogP contribution in [0.3, 0.4) is 0 Å². The number of likely N-dealkylation sites (tertiary alicyclic amines) is 1. The molecule has 45 heavy (non-hydrogen) atoms. The zero-order valence-corrected chi connectivity index (χ0v) is 27.4. The van der Waals surface area contributed by atoms with Crippen molar-refractivity contribution >= 4 is 28.5 Å². The first-order valence-corrected chi connectivity index (χ1v) is 16.0. The molecule has 1 aliphatic rings. The van der Waals surface area contributed by atoms with E-state index in [4.69, 9.17) is 4.74 Å². The van der Waals surface area contributed by atoms with Gasteiger partial charge in [-0.25, -0.2) is 4.79 Å². The van der Waals surface area contributed by atoms with E-state index in [0.29, 0.717) is 30.4 Å². The Kier molecular flexibility index (Phi) is 10.1. The molecule has 8 heteroatoms. The maximum absolute atomic E-state index is 14.2. The SMILES string of the molecule is Cc1ccccc1C1CCN(C(=O)N[C@@H](C(=O)Nc2cc(CN(C)C)ccc2OC(C)C)[C@H](C)c2c[nH]c3ccccc23)CC1. The Labute approximate surface area is 267 Å². The average Bonchev–Trinajstić information content (AvgIpc) is 3.45. The highest BCUT2D eigenvalue weighted by molar-refractivity contribution is 5.99. The summed E-state index contributed by atoms with van der Waals surface area (Å²) in [7, 11) is 4.02. The number of amides is 3. The van der Waals surface area contributed by atoms with E-state index in [1.807, 2.05) is 88.4 Å². The van der Waals surface area contributed by atoms with Crippen LogP contribution in [0.25, 0.3) is 10.9 Å². The highest BCUT2D eigenvalue weighted by atomic mass is 16.5. The number of hydrogen-bond acceptors (Lipinski definition) is 4. The number of H-pyrrole nitrogens is 1. The Hall–Kier alpha value is -4.30. The standard InChI is InChI=1S/C37H47N5O3/c1-24(2)45-34-16-15-27(23-41(5)6)21-33(34)39-36(43)35(26(4)31-22-38-32-14-10-9-13-30(31)32)40-37(44)42-19-17-28(18-20-42)29-12-8-7-11-25(29)3/h7-16,21-22,24,26,28,35,38H,17-20,23H2,1-6H3,(H,39,43)(H,40,44)/t26-,35-/m1/s1. The first kappa shape index (κ1) is 32.1. The molecule has 5 rings (SSSR count). The lowest BCUT2D eigenvalue weighted by Gasteiger charge is -2.34. The van der Waals surface area contributed by atoms with Gasteiger partial charge in [0.1, 0.15) is 11.8 Å². The number of aryl methyl sites for hydroxylation is 1. The van der Waals surface area contributed by atoms with Gasteiger partial charge < -0.3 is 30.2 Å². The van der Waals surface area contributed by atoms with Crippen LogP contribution >= 0.6 is 0 Å². The fraction of sp³-hybridized carbons (Fsp3) is 0.405. The molecule has 3 amide bonds. The highest BCUT2D eigenvalue weighted by Gasteiger charge is 2.33. The van der Waals surface area contributed by atoms with Gasteiger partial charge in [0.25, 0.3) is 0 Å². The molecule has 3 N–H and O–H groups in total. The molecular weight excluding hydrogens is 562 g/mol. The third-order valence-electron chi connectivity index (χ3n) is 8.75. The number of para-hydroxylation sites is 1. The smallest absolute Gasteiger partial charge is 0.318 e. The van der Waals surface area contributed by atoms with Crippen molar-refractivity contribution in [2.75, 3.05) is 32.5 Å². The van der Waals surface area contributed by atoms with E-state index < -0.39 is 6.04 Å². The minimum atomic E-state index is -0.824.